The number of benzene rings is 1. The fraction of sp³-hybridized carbons (Fsp3) is 0.154. The summed E-state index contributed by atoms with van der Waals surface area (Å²) in [6.07, 6.45) is 0. The molecule has 0 saturated heterocycles. The number of H-pyrrole nitrogens is 1. The van der Waals surface area contributed by atoms with Crippen molar-refractivity contribution in [1.82, 2.24) is 9.97 Å². The average Bonchev–Trinajstić information content (AvgIpc) is 2.36. The van der Waals surface area contributed by atoms with E-state index in [1.54, 1.807) is 31.2 Å². The van der Waals surface area contributed by atoms with E-state index < -0.39 is 0 Å². The van der Waals surface area contributed by atoms with Crippen LogP contribution in [-0.2, 0) is 0 Å². The van der Waals surface area contributed by atoms with Crippen molar-refractivity contribution in [2.45, 2.75) is 13.8 Å². The summed E-state index contributed by atoms with van der Waals surface area (Å²) in [4.78, 5) is 17.9. The average molecular weight is 258 g/mol. The number of aromatic hydroxyl groups is 1. The Bertz CT molecular complexity index is 659. The van der Waals surface area contributed by atoms with Gasteiger partial charge in [-0.05, 0) is 43.7 Å². The van der Waals surface area contributed by atoms with Crippen LogP contribution in [0, 0.1) is 6.92 Å². The number of hydrogen-bond donors (Lipinski definition) is 3. The quantitative estimate of drug-likeness (QED) is 0.576. The third-order valence-electron chi connectivity index (χ3n) is 2.48. The molecule has 1 aromatic carbocycles. The van der Waals surface area contributed by atoms with Gasteiger partial charge in [0.15, 0.2) is 0 Å². The van der Waals surface area contributed by atoms with E-state index in [0.29, 0.717) is 17.4 Å². The number of nitrogens with one attached hydrogen (secondary N) is 2. The van der Waals surface area contributed by atoms with E-state index in [4.69, 9.17) is 0 Å². The van der Waals surface area contributed by atoms with Crippen molar-refractivity contribution in [2.24, 2.45) is 5.10 Å². The van der Waals surface area contributed by atoms with Gasteiger partial charge in [0.05, 0.1) is 5.71 Å². The minimum atomic E-state index is -0.229. The molecule has 6 nitrogen and oxygen atoms in total. The van der Waals surface area contributed by atoms with Gasteiger partial charge in [-0.1, -0.05) is 0 Å². The Morgan fingerprint density at radius 3 is 2.68 bits per heavy atom. The molecule has 0 unspecified atom stereocenters. The summed E-state index contributed by atoms with van der Waals surface area (Å²) in [5, 5.41) is 13.3. The van der Waals surface area contributed by atoms with Gasteiger partial charge in [0.25, 0.3) is 5.56 Å². The van der Waals surface area contributed by atoms with Crippen molar-refractivity contribution in [1.29, 1.82) is 0 Å². The Morgan fingerprint density at radius 2 is 2.05 bits per heavy atom. The molecule has 0 bridgehead atoms. The molecule has 2 aromatic rings. The highest BCUT2D eigenvalue weighted by atomic mass is 16.3. The SMILES string of the molecule is C/C(=N/Nc1nc(C)cc(=O)[nH]1)c1ccc(O)cc1. The molecule has 0 spiro atoms. The van der Waals surface area contributed by atoms with E-state index in [-0.39, 0.29) is 11.3 Å². The molecule has 0 fully saturated rings. The summed E-state index contributed by atoms with van der Waals surface area (Å²) in [5.41, 5.74) is 4.66. The van der Waals surface area contributed by atoms with Crippen LogP contribution >= 0.6 is 0 Å². The maximum absolute atomic E-state index is 11.3. The van der Waals surface area contributed by atoms with E-state index in [2.05, 4.69) is 20.5 Å². The second kappa shape index (κ2) is 5.34. The monoisotopic (exact) mass is 258 g/mol. The third kappa shape index (κ3) is 3.41. The molecule has 98 valence electrons. The van der Waals surface area contributed by atoms with Crippen LogP contribution in [0.2, 0.25) is 0 Å². The summed E-state index contributed by atoms with van der Waals surface area (Å²) in [7, 11) is 0. The minimum Gasteiger partial charge on any atom is -0.508 e. The van der Waals surface area contributed by atoms with Crippen LogP contribution in [0.15, 0.2) is 40.2 Å². The first kappa shape index (κ1) is 12.8. The zero-order chi connectivity index (χ0) is 13.8. The topological polar surface area (TPSA) is 90.4 Å². The molecule has 0 aliphatic carbocycles. The van der Waals surface area contributed by atoms with Gasteiger partial charge in [-0.2, -0.15) is 5.10 Å². The Kier molecular flexibility index (Phi) is 3.61. The van der Waals surface area contributed by atoms with Crippen LogP contribution in [0.25, 0.3) is 0 Å². The number of phenolic OH excluding ortho intramolecular Hbond substituents is 1. The second-order valence-corrected chi connectivity index (χ2v) is 4.09. The molecule has 1 aromatic heterocycles. The van der Waals surface area contributed by atoms with Crippen molar-refractivity contribution >= 4 is 11.7 Å². The smallest absolute Gasteiger partial charge is 0.252 e. The number of phenols is 1. The fourth-order valence-corrected chi connectivity index (χ4v) is 1.54. The summed E-state index contributed by atoms with van der Waals surface area (Å²) in [6.45, 7) is 3.55. The van der Waals surface area contributed by atoms with Gasteiger partial charge in [0.1, 0.15) is 5.75 Å². The Hall–Kier alpha value is -2.63. The first-order valence-electron chi connectivity index (χ1n) is 5.72. The number of hydrogen-bond acceptors (Lipinski definition) is 5. The molecule has 2 rings (SSSR count). The highest BCUT2D eigenvalue weighted by molar-refractivity contribution is 5.99. The third-order valence-corrected chi connectivity index (χ3v) is 2.48. The number of rotatable bonds is 3. The lowest BCUT2D eigenvalue weighted by molar-refractivity contribution is 0.475. The Morgan fingerprint density at radius 1 is 1.37 bits per heavy atom. The predicted molar refractivity (Wildman–Crippen MR) is 73.5 cm³/mol. The van der Waals surface area contributed by atoms with E-state index >= 15 is 0 Å². The number of hydrazone groups is 1. The number of aromatic nitrogens is 2. The molecular weight excluding hydrogens is 244 g/mol. The van der Waals surface area contributed by atoms with Crippen LogP contribution in [0.5, 0.6) is 5.75 Å². The van der Waals surface area contributed by atoms with Gasteiger partial charge >= 0.3 is 0 Å². The van der Waals surface area contributed by atoms with Crippen LogP contribution in [-0.4, -0.2) is 20.8 Å². The van der Waals surface area contributed by atoms with E-state index in [1.807, 2.05) is 6.92 Å². The largest absolute Gasteiger partial charge is 0.508 e. The first-order valence-corrected chi connectivity index (χ1v) is 5.72. The summed E-state index contributed by atoms with van der Waals surface area (Å²) < 4.78 is 0. The molecule has 19 heavy (non-hydrogen) atoms. The minimum absolute atomic E-state index is 0.203. The first-order chi connectivity index (χ1) is 9.04. The second-order valence-electron chi connectivity index (χ2n) is 4.09. The molecule has 0 saturated carbocycles. The molecule has 0 aliphatic rings. The van der Waals surface area contributed by atoms with Crippen LogP contribution in [0.4, 0.5) is 5.95 Å². The van der Waals surface area contributed by atoms with E-state index in [1.165, 1.54) is 6.07 Å². The summed E-state index contributed by atoms with van der Waals surface area (Å²) in [5.74, 6) is 0.498. The Balaban J connectivity index is 2.17. The molecule has 0 aliphatic heterocycles. The molecular formula is C13H14N4O2. The maximum atomic E-state index is 11.3. The van der Waals surface area contributed by atoms with Gasteiger partial charge in [-0.25, -0.2) is 10.4 Å². The lowest BCUT2D eigenvalue weighted by atomic mass is 10.1. The van der Waals surface area contributed by atoms with Crippen molar-refractivity contribution in [3.8, 4) is 5.75 Å². The molecule has 1 heterocycles. The zero-order valence-electron chi connectivity index (χ0n) is 10.6. The summed E-state index contributed by atoms with van der Waals surface area (Å²) in [6, 6.07) is 8.08. The van der Waals surface area contributed by atoms with Crippen molar-refractivity contribution in [2.75, 3.05) is 5.43 Å². The van der Waals surface area contributed by atoms with E-state index in [9.17, 15) is 9.90 Å². The lowest BCUT2D eigenvalue weighted by Gasteiger charge is -2.03. The van der Waals surface area contributed by atoms with Crippen molar-refractivity contribution in [3.63, 3.8) is 0 Å². The van der Waals surface area contributed by atoms with Gasteiger partial charge < -0.3 is 5.11 Å². The molecule has 6 heteroatoms. The summed E-state index contributed by atoms with van der Waals surface area (Å²) >= 11 is 0. The van der Waals surface area contributed by atoms with Crippen molar-refractivity contribution in [3.05, 3.63) is 51.9 Å². The zero-order valence-corrected chi connectivity index (χ0v) is 10.6. The fourth-order valence-electron chi connectivity index (χ4n) is 1.54. The van der Waals surface area contributed by atoms with Gasteiger partial charge in [-0.15, -0.1) is 0 Å². The Labute approximate surface area is 109 Å². The van der Waals surface area contributed by atoms with Crippen LogP contribution in [0.1, 0.15) is 18.2 Å². The standard InChI is InChI=1S/C13H14N4O2/c1-8-7-12(19)15-13(14-8)17-16-9(2)10-3-5-11(18)6-4-10/h3-7,18H,1-2H3,(H2,14,15,17,19)/b16-9-. The molecule has 0 amide bonds. The predicted octanol–water partition coefficient (Wildman–Crippen LogP) is 1.62. The molecule has 3 N–H and O–H groups in total. The van der Waals surface area contributed by atoms with Gasteiger partial charge in [0.2, 0.25) is 5.95 Å². The van der Waals surface area contributed by atoms with Gasteiger partial charge in [-0.3, -0.25) is 9.78 Å². The van der Waals surface area contributed by atoms with Crippen LogP contribution in [0.3, 0.4) is 0 Å². The molecule has 0 atom stereocenters. The lowest BCUT2D eigenvalue weighted by Crippen LogP contribution is -2.11. The normalized spacial score (nSPS) is 11.4. The van der Waals surface area contributed by atoms with E-state index in [0.717, 1.165) is 5.56 Å². The van der Waals surface area contributed by atoms with Gasteiger partial charge in [0, 0.05) is 11.8 Å². The highest BCUT2D eigenvalue weighted by Gasteiger charge is 1.99. The highest BCUT2D eigenvalue weighted by Crippen LogP contribution is 2.10. The van der Waals surface area contributed by atoms with Crippen LogP contribution < -0.4 is 11.0 Å². The number of nitrogens with zero attached hydrogens (tertiary/aromatic N) is 2. The number of aryl methyl sites for hydroxylation is 1. The number of anilines is 1. The van der Waals surface area contributed by atoms with Crippen molar-refractivity contribution < 1.29 is 5.11 Å². The maximum Gasteiger partial charge on any atom is 0.252 e. The molecule has 0 radical (unpaired) electrons. The number of aromatic amines is 1.